The maximum Gasteiger partial charge on any atom is 0.278 e. The average Bonchev–Trinajstić information content (AvgIpc) is 1.99. The van der Waals surface area contributed by atoms with Gasteiger partial charge in [-0.3, -0.25) is 4.79 Å². The molecule has 13 heavy (non-hydrogen) atoms. The molecule has 3 nitrogen and oxygen atoms in total. The topological polar surface area (TPSA) is 38.7 Å². The van der Waals surface area contributed by atoms with Crippen molar-refractivity contribution in [2.45, 2.75) is 46.3 Å². The van der Waals surface area contributed by atoms with E-state index in [4.69, 9.17) is 4.53 Å². The van der Waals surface area contributed by atoms with Gasteiger partial charge in [0, 0.05) is 12.8 Å². The number of carbonyl (C=O) groups excluding carboxylic acids is 1. The van der Waals surface area contributed by atoms with E-state index in [0.29, 0.717) is 12.8 Å². The van der Waals surface area contributed by atoms with E-state index < -0.39 is 8.32 Å². The number of oxime groups is 1. The van der Waals surface area contributed by atoms with Crippen LogP contribution in [0.5, 0.6) is 0 Å². The predicted octanol–water partition coefficient (Wildman–Crippen LogP) is 2.58. The van der Waals surface area contributed by atoms with Crippen molar-refractivity contribution in [1.82, 2.24) is 0 Å². The minimum Gasteiger partial charge on any atom is -0.456 e. The average molecular weight is 201 g/mol. The minimum absolute atomic E-state index is 0.209. The molecule has 0 N–H and O–H groups in total. The van der Waals surface area contributed by atoms with Gasteiger partial charge in [-0.1, -0.05) is 6.92 Å². The van der Waals surface area contributed by atoms with E-state index in [1.807, 2.05) is 13.8 Å². The first-order valence-electron chi connectivity index (χ1n) is 4.58. The molecule has 0 aliphatic rings. The Kier molecular flexibility index (Phi) is 4.91. The summed E-state index contributed by atoms with van der Waals surface area (Å²) in [6.07, 6.45) is 0.987. The third-order valence-electron chi connectivity index (χ3n) is 1.32. The number of hydrogen-bond acceptors (Lipinski definition) is 3. The maximum atomic E-state index is 11.0. The molecule has 0 atom stereocenters. The molecule has 0 rings (SSSR count). The van der Waals surface area contributed by atoms with Crippen LogP contribution in [0.3, 0.4) is 0 Å². The second kappa shape index (κ2) is 5.17. The summed E-state index contributed by atoms with van der Waals surface area (Å²) in [6, 6.07) is 0. The molecule has 0 aliphatic heterocycles. The summed E-state index contributed by atoms with van der Waals surface area (Å²) in [5.41, 5.74) is 0.772. The molecule has 0 unspecified atom stereocenters. The van der Waals surface area contributed by atoms with Gasteiger partial charge in [0.1, 0.15) is 5.78 Å². The maximum absolute atomic E-state index is 11.0. The molecule has 0 radical (unpaired) electrons. The molecule has 76 valence electrons. The number of carbonyl (C=O) groups is 1. The van der Waals surface area contributed by atoms with Crippen LogP contribution in [0.25, 0.3) is 0 Å². The largest absolute Gasteiger partial charge is 0.456 e. The van der Waals surface area contributed by atoms with Crippen molar-refractivity contribution in [3.05, 3.63) is 0 Å². The van der Waals surface area contributed by atoms with Gasteiger partial charge in [-0.2, -0.15) is 0 Å². The molecule has 0 bridgehead atoms. The van der Waals surface area contributed by atoms with Crippen molar-refractivity contribution >= 4 is 19.8 Å². The monoisotopic (exact) mass is 201 g/mol. The lowest BCUT2D eigenvalue weighted by molar-refractivity contribution is -0.117. The van der Waals surface area contributed by atoms with Crippen LogP contribution in [0.15, 0.2) is 5.16 Å². The Morgan fingerprint density at radius 3 is 2.31 bits per heavy atom. The van der Waals surface area contributed by atoms with E-state index in [-0.39, 0.29) is 5.78 Å². The molecule has 0 aliphatic carbocycles. The summed E-state index contributed by atoms with van der Waals surface area (Å²) in [4.78, 5) is 11.0. The van der Waals surface area contributed by atoms with Crippen LogP contribution in [0, 0.1) is 0 Å². The predicted molar refractivity (Wildman–Crippen MR) is 57.5 cm³/mol. The van der Waals surface area contributed by atoms with E-state index in [0.717, 1.165) is 5.71 Å². The summed E-state index contributed by atoms with van der Waals surface area (Å²) in [7, 11) is -1.58. The highest BCUT2D eigenvalue weighted by Crippen LogP contribution is 2.04. The van der Waals surface area contributed by atoms with Gasteiger partial charge in [-0.15, -0.1) is 5.16 Å². The molecule has 0 saturated carbocycles. The fourth-order valence-electron chi connectivity index (χ4n) is 0.657. The number of nitrogens with zero attached hydrogens (tertiary/aromatic N) is 1. The third kappa shape index (κ3) is 7.71. The van der Waals surface area contributed by atoms with Gasteiger partial charge in [0.2, 0.25) is 0 Å². The molecular formula is C9H19NO2Si. The molecular weight excluding hydrogens is 182 g/mol. The minimum atomic E-state index is -1.58. The van der Waals surface area contributed by atoms with Crippen LogP contribution in [-0.2, 0) is 9.32 Å². The second-order valence-corrected chi connectivity index (χ2v) is 8.51. The third-order valence-corrected chi connectivity index (χ3v) is 1.96. The smallest absolute Gasteiger partial charge is 0.278 e. The van der Waals surface area contributed by atoms with E-state index in [1.54, 1.807) is 0 Å². The van der Waals surface area contributed by atoms with Crippen LogP contribution < -0.4 is 0 Å². The Hall–Kier alpha value is -0.643. The van der Waals surface area contributed by atoms with Gasteiger partial charge >= 0.3 is 0 Å². The molecule has 0 aromatic carbocycles. The second-order valence-electron chi connectivity index (χ2n) is 4.10. The number of hydrogen-bond donors (Lipinski definition) is 0. The Balaban J connectivity index is 3.96. The van der Waals surface area contributed by atoms with Crippen LogP contribution in [0.4, 0.5) is 0 Å². The molecule has 0 spiro atoms. The lowest BCUT2D eigenvalue weighted by Crippen LogP contribution is -2.23. The number of Topliss-reactive ketones (excluding diaryl/α,β-unsaturated/α-hetero) is 1. The molecule has 0 fully saturated rings. The first-order chi connectivity index (χ1) is 5.85. The first kappa shape index (κ1) is 12.4. The van der Waals surface area contributed by atoms with E-state index in [2.05, 4.69) is 24.8 Å². The van der Waals surface area contributed by atoms with Crippen molar-refractivity contribution in [3.63, 3.8) is 0 Å². The highest BCUT2D eigenvalue weighted by atomic mass is 28.4. The Morgan fingerprint density at radius 1 is 1.38 bits per heavy atom. The summed E-state index contributed by atoms with van der Waals surface area (Å²) in [5, 5.41) is 3.94. The Labute approximate surface area is 81.3 Å². The quantitative estimate of drug-likeness (QED) is 0.389. The highest BCUT2D eigenvalue weighted by molar-refractivity contribution is 6.69. The van der Waals surface area contributed by atoms with Crippen LogP contribution >= 0.6 is 0 Å². The van der Waals surface area contributed by atoms with Crippen molar-refractivity contribution in [1.29, 1.82) is 0 Å². The van der Waals surface area contributed by atoms with Gasteiger partial charge in [0.25, 0.3) is 8.32 Å². The Bertz CT molecular complexity index is 206. The van der Waals surface area contributed by atoms with Crippen molar-refractivity contribution in [2.75, 3.05) is 0 Å². The Morgan fingerprint density at radius 2 is 1.92 bits per heavy atom. The fraction of sp³-hybridized carbons (Fsp3) is 0.778. The van der Waals surface area contributed by atoms with Crippen LogP contribution in [0.1, 0.15) is 26.7 Å². The lowest BCUT2D eigenvalue weighted by Gasteiger charge is -2.13. The highest BCUT2D eigenvalue weighted by Gasteiger charge is 2.16. The lowest BCUT2D eigenvalue weighted by atomic mass is 10.2. The molecule has 4 heteroatoms. The fourth-order valence-corrected chi connectivity index (χ4v) is 1.09. The van der Waals surface area contributed by atoms with Crippen molar-refractivity contribution in [2.24, 2.45) is 5.16 Å². The van der Waals surface area contributed by atoms with Gasteiger partial charge in [-0.05, 0) is 26.6 Å². The number of ketones is 1. The molecule has 0 amide bonds. The summed E-state index contributed by atoms with van der Waals surface area (Å²) in [5.74, 6) is 0.209. The van der Waals surface area contributed by atoms with Gasteiger partial charge in [-0.25, -0.2) is 0 Å². The van der Waals surface area contributed by atoms with E-state index in [1.165, 1.54) is 0 Å². The van der Waals surface area contributed by atoms with Gasteiger partial charge < -0.3 is 4.53 Å². The van der Waals surface area contributed by atoms with E-state index in [9.17, 15) is 4.79 Å². The van der Waals surface area contributed by atoms with E-state index >= 15 is 0 Å². The van der Waals surface area contributed by atoms with Gasteiger partial charge in [0.15, 0.2) is 0 Å². The molecule has 0 heterocycles. The summed E-state index contributed by atoms with van der Waals surface area (Å²) < 4.78 is 5.31. The van der Waals surface area contributed by atoms with Crippen LogP contribution in [-0.4, -0.2) is 19.8 Å². The first-order valence-corrected chi connectivity index (χ1v) is 7.99. The molecule has 0 aromatic rings. The normalized spacial score (nSPS) is 12.8. The SMILES string of the molecule is CCC(=O)C/C(C)=N/O[Si](C)(C)C. The summed E-state index contributed by atoms with van der Waals surface area (Å²) >= 11 is 0. The standard InChI is InChI=1S/C9H19NO2Si/c1-6-9(11)7-8(2)10-12-13(3,4)5/h6-7H2,1-5H3/b10-8+. The van der Waals surface area contributed by atoms with Crippen molar-refractivity contribution in [3.8, 4) is 0 Å². The summed E-state index contributed by atoms with van der Waals surface area (Å²) in [6.45, 7) is 9.87. The number of rotatable bonds is 5. The molecule has 0 saturated heterocycles. The van der Waals surface area contributed by atoms with Crippen molar-refractivity contribution < 1.29 is 9.32 Å². The zero-order valence-corrected chi connectivity index (χ0v) is 10.2. The zero-order valence-electron chi connectivity index (χ0n) is 9.18. The van der Waals surface area contributed by atoms with Crippen LogP contribution in [0.2, 0.25) is 19.6 Å². The van der Waals surface area contributed by atoms with Gasteiger partial charge in [0.05, 0.1) is 5.71 Å². The molecule has 0 aromatic heterocycles. The zero-order chi connectivity index (χ0) is 10.5.